The predicted octanol–water partition coefficient (Wildman–Crippen LogP) is 2.91. The third kappa shape index (κ3) is 6.06. The second-order valence-corrected chi connectivity index (χ2v) is 5.80. The van der Waals surface area contributed by atoms with E-state index in [9.17, 15) is 4.79 Å². The third-order valence-corrected chi connectivity index (χ3v) is 3.50. The molecule has 6 heteroatoms. The molecule has 1 rings (SSSR count). The lowest BCUT2D eigenvalue weighted by molar-refractivity contribution is -0.119. The molecule has 0 fully saturated rings. The van der Waals surface area contributed by atoms with Gasteiger partial charge < -0.3 is 15.2 Å². The molecule has 2 N–H and O–H groups in total. The van der Waals surface area contributed by atoms with E-state index in [0.29, 0.717) is 28.6 Å². The Labute approximate surface area is 134 Å². The first-order valence-electron chi connectivity index (χ1n) is 6.45. The zero-order valence-electron chi connectivity index (χ0n) is 12.0. The van der Waals surface area contributed by atoms with Crippen molar-refractivity contribution >= 4 is 35.2 Å². The van der Waals surface area contributed by atoms with Crippen molar-refractivity contribution in [1.82, 2.24) is 5.32 Å². The number of ether oxygens (including phenoxy) is 1. The van der Waals surface area contributed by atoms with Crippen LogP contribution in [0.5, 0.6) is 0 Å². The van der Waals surface area contributed by atoms with Gasteiger partial charge in [0, 0.05) is 29.8 Å². The normalized spacial score (nSPS) is 14.1. The molecule has 0 saturated heterocycles. The molecular formula is C15H19Cl2NO3. The van der Waals surface area contributed by atoms with Crippen molar-refractivity contribution < 1.29 is 14.6 Å². The first-order valence-corrected chi connectivity index (χ1v) is 7.21. The van der Waals surface area contributed by atoms with Gasteiger partial charge in [-0.05, 0) is 43.2 Å². The molecule has 0 aliphatic carbocycles. The van der Waals surface area contributed by atoms with Gasteiger partial charge in [0.25, 0.3) is 0 Å². The minimum atomic E-state index is -0.622. The Morgan fingerprint density at radius 1 is 1.48 bits per heavy atom. The van der Waals surface area contributed by atoms with Crippen LogP contribution in [0.4, 0.5) is 0 Å². The number of aliphatic hydroxyl groups is 1. The summed E-state index contributed by atoms with van der Waals surface area (Å²) < 4.78 is 5.07. The SMILES string of the molecule is COCC(C)(CCO)NC(=O)/C=C/c1cc(Cl)ccc1Cl. The van der Waals surface area contributed by atoms with Gasteiger partial charge in [-0.2, -0.15) is 0 Å². The number of carbonyl (C=O) groups excluding carboxylic acids is 1. The topological polar surface area (TPSA) is 58.6 Å². The Hall–Kier alpha value is -1.07. The number of aliphatic hydroxyl groups excluding tert-OH is 1. The third-order valence-electron chi connectivity index (χ3n) is 2.92. The van der Waals surface area contributed by atoms with E-state index < -0.39 is 5.54 Å². The number of nitrogens with one attached hydrogen (secondary N) is 1. The van der Waals surface area contributed by atoms with Gasteiger partial charge in [0.05, 0.1) is 12.1 Å². The highest BCUT2D eigenvalue weighted by molar-refractivity contribution is 6.34. The van der Waals surface area contributed by atoms with Crippen LogP contribution >= 0.6 is 23.2 Å². The van der Waals surface area contributed by atoms with Crippen LogP contribution in [0.2, 0.25) is 10.0 Å². The van der Waals surface area contributed by atoms with Crippen LogP contribution in [0.1, 0.15) is 18.9 Å². The van der Waals surface area contributed by atoms with Gasteiger partial charge in [-0.25, -0.2) is 0 Å². The number of methoxy groups -OCH3 is 1. The molecule has 0 bridgehead atoms. The standard InChI is InChI=1S/C15H19Cl2NO3/c1-15(7-8-19,10-21-2)18-14(20)6-3-11-9-12(16)4-5-13(11)17/h3-6,9,19H,7-8,10H2,1-2H3,(H,18,20)/b6-3+. The van der Waals surface area contributed by atoms with Crippen LogP contribution in [-0.4, -0.2) is 36.9 Å². The maximum atomic E-state index is 12.0. The summed E-state index contributed by atoms with van der Waals surface area (Å²) >= 11 is 11.9. The molecule has 21 heavy (non-hydrogen) atoms. The van der Waals surface area contributed by atoms with Crippen molar-refractivity contribution in [3.63, 3.8) is 0 Å². The van der Waals surface area contributed by atoms with E-state index in [-0.39, 0.29) is 12.5 Å². The molecule has 0 radical (unpaired) electrons. The molecule has 4 nitrogen and oxygen atoms in total. The Balaban J connectivity index is 2.75. The van der Waals surface area contributed by atoms with Crippen molar-refractivity contribution in [1.29, 1.82) is 0 Å². The minimum absolute atomic E-state index is 0.0377. The van der Waals surface area contributed by atoms with Gasteiger partial charge >= 0.3 is 0 Å². The largest absolute Gasteiger partial charge is 0.396 e. The molecule has 0 aliphatic heterocycles. The van der Waals surface area contributed by atoms with E-state index in [2.05, 4.69) is 5.32 Å². The van der Waals surface area contributed by atoms with Gasteiger partial charge in [0.2, 0.25) is 5.91 Å². The van der Waals surface area contributed by atoms with Crippen LogP contribution in [0.25, 0.3) is 6.08 Å². The smallest absolute Gasteiger partial charge is 0.244 e. The lowest BCUT2D eigenvalue weighted by Crippen LogP contribution is -2.49. The first-order chi connectivity index (χ1) is 9.90. The Kier molecular flexibility index (Phi) is 7.18. The summed E-state index contributed by atoms with van der Waals surface area (Å²) in [4.78, 5) is 12.0. The number of halogens is 2. The fourth-order valence-corrected chi connectivity index (χ4v) is 2.24. The number of amides is 1. The number of hydrogen-bond acceptors (Lipinski definition) is 3. The quantitative estimate of drug-likeness (QED) is 0.755. The summed E-state index contributed by atoms with van der Waals surface area (Å²) in [5.74, 6) is -0.293. The second kappa shape index (κ2) is 8.39. The van der Waals surface area contributed by atoms with Gasteiger partial charge in [-0.3, -0.25) is 4.79 Å². The van der Waals surface area contributed by atoms with Crippen LogP contribution in [0, 0.1) is 0 Å². The van der Waals surface area contributed by atoms with E-state index >= 15 is 0 Å². The zero-order valence-corrected chi connectivity index (χ0v) is 13.5. The summed E-state index contributed by atoms with van der Waals surface area (Å²) in [5.41, 5.74) is 0.0400. The fraction of sp³-hybridized carbons (Fsp3) is 0.400. The molecule has 1 atom stereocenters. The van der Waals surface area contributed by atoms with E-state index in [4.69, 9.17) is 33.0 Å². The van der Waals surface area contributed by atoms with Crippen molar-refractivity contribution in [2.24, 2.45) is 0 Å². The average Bonchev–Trinajstić information content (AvgIpc) is 2.40. The van der Waals surface area contributed by atoms with Gasteiger partial charge in [0.1, 0.15) is 0 Å². The minimum Gasteiger partial charge on any atom is -0.396 e. The van der Waals surface area contributed by atoms with E-state index in [0.717, 1.165) is 0 Å². The molecule has 0 aromatic heterocycles. The summed E-state index contributed by atoms with van der Waals surface area (Å²) in [6.45, 7) is 2.08. The second-order valence-electron chi connectivity index (χ2n) is 4.96. The summed E-state index contributed by atoms with van der Waals surface area (Å²) in [5, 5.41) is 12.9. The van der Waals surface area contributed by atoms with Crippen LogP contribution < -0.4 is 5.32 Å². The highest BCUT2D eigenvalue weighted by Gasteiger charge is 2.24. The van der Waals surface area contributed by atoms with Gasteiger partial charge in [-0.15, -0.1) is 0 Å². The highest BCUT2D eigenvalue weighted by Crippen LogP contribution is 2.21. The zero-order chi connectivity index (χ0) is 15.9. The van der Waals surface area contributed by atoms with Gasteiger partial charge in [0.15, 0.2) is 0 Å². The molecule has 0 spiro atoms. The molecule has 1 unspecified atom stereocenters. The lowest BCUT2D eigenvalue weighted by atomic mass is 9.99. The highest BCUT2D eigenvalue weighted by atomic mass is 35.5. The Bertz CT molecular complexity index is 512. The van der Waals surface area contributed by atoms with Gasteiger partial charge in [-0.1, -0.05) is 23.2 Å². The van der Waals surface area contributed by atoms with Crippen LogP contribution in [0.15, 0.2) is 24.3 Å². The molecule has 1 amide bonds. The number of hydrogen-bond donors (Lipinski definition) is 2. The molecule has 0 heterocycles. The molecule has 0 saturated carbocycles. The first kappa shape index (κ1) is 18.0. The number of carbonyl (C=O) groups is 1. The van der Waals surface area contributed by atoms with Crippen molar-refractivity contribution in [3.8, 4) is 0 Å². The lowest BCUT2D eigenvalue weighted by Gasteiger charge is -2.28. The maximum Gasteiger partial charge on any atom is 0.244 e. The average molecular weight is 332 g/mol. The summed E-state index contributed by atoms with van der Waals surface area (Å²) in [6, 6.07) is 5.02. The van der Waals surface area contributed by atoms with Crippen molar-refractivity contribution in [2.75, 3.05) is 20.3 Å². The summed E-state index contributed by atoms with van der Waals surface area (Å²) in [7, 11) is 1.55. The fourth-order valence-electron chi connectivity index (χ4n) is 1.88. The molecule has 1 aromatic carbocycles. The van der Waals surface area contributed by atoms with Crippen LogP contribution in [0.3, 0.4) is 0 Å². The molecule has 0 aliphatic rings. The number of benzene rings is 1. The van der Waals surface area contributed by atoms with Crippen LogP contribution in [-0.2, 0) is 9.53 Å². The molecule has 1 aromatic rings. The number of rotatable bonds is 7. The van der Waals surface area contributed by atoms with E-state index in [1.54, 1.807) is 31.4 Å². The van der Waals surface area contributed by atoms with Crippen molar-refractivity contribution in [3.05, 3.63) is 39.9 Å². The van der Waals surface area contributed by atoms with E-state index in [1.165, 1.54) is 6.08 Å². The monoisotopic (exact) mass is 331 g/mol. The molecular weight excluding hydrogens is 313 g/mol. The Morgan fingerprint density at radius 2 is 2.19 bits per heavy atom. The molecule has 116 valence electrons. The van der Waals surface area contributed by atoms with E-state index in [1.807, 2.05) is 6.92 Å². The van der Waals surface area contributed by atoms with Crippen molar-refractivity contribution in [2.45, 2.75) is 18.9 Å². The Morgan fingerprint density at radius 3 is 2.81 bits per heavy atom. The predicted molar refractivity (Wildman–Crippen MR) is 85.6 cm³/mol. The summed E-state index contributed by atoms with van der Waals surface area (Å²) in [6.07, 6.45) is 3.37. The maximum absolute atomic E-state index is 12.0.